The molecule has 0 aliphatic rings. The van der Waals surface area contributed by atoms with Crippen LogP contribution in [0.4, 0.5) is 0 Å². The van der Waals surface area contributed by atoms with Gasteiger partial charge in [0.1, 0.15) is 6.54 Å². The Hall–Kier alpha value is -0.295. The van der Waals surface area contributed by atoms with Crippen LogP contribution in [0.1, 0.15) is 0 Å². The molecular weight excluding hydrogens is 189 g/mol. The molecule has 0 unspecified atom stereocenters. The molecule has 0 bridgehead atoms. The maximum absolute atomic E-state index is 4.90. The average molecular weight is 205 g/mol. The molecule has 0 saturated carbocycles. The van der Waals surface area contributed by atoms with Crippen molar-refractivity contribution in [2.75, 3.05) is 41.4 Å². The van der Waals surface area contributed by atoms with Crippen LogP contribution in [0.5, 0.6) is 0 Å². The van der Waals surface area contributed by atoms with Gasteiger partial charge in [-0.1, -0.05) is 0 Å². The van der Waals surface area contributed by atoms with Gasteiger partial charge in [0.25, 0.3) is 0 Å². The summed E-state index contributed by atoms with van der Waals surface area (Å²) < 4.78 is 5.88. The van der Waals surface area contributed by atoms with Crippen LogP contribution >= 0.6 is 0 Å². The normalized spacial score (nSPS) is 7.38. The predicted molar refractivity (Wildman–Crippen MR) is 40.5 cm³/mol. The molecule has 0 aromatic heterocycles. The molecule has 0 amide bonds. The zero-order valence-corrected chi connectivity index (χ0v) is 8.36. The summed E-state index contributed by atoms with van der Waals surface area (Å²) in [7, 11) is 8.19. The van der Waals surface area contributed by atoms with Gasteiger partial charge in [-0.3, -0.25) is 0 Å². The van der Waals surface area contributed by atoms with Crippen LogP contribution in [0.3, 0.4) is 0 Å². The molecule has 13 heavy (non-hydrogen) atoms. The molecular formula is C6H16BF4NO. The Morgan fingerprint density at radius 2 is 1.23 bits per heavy atom. The molecule has 0 atom stereocenters. The van der Waals surface area contributed by atoms with Crippen molar-refractivity contribution in [1.29, 1.82) is 0 Å². The van der Waals surface area contributed by atoms with Crippen LogP contribution in [0.15, 0.2) is 0 Å². The summed E-state index contributed by atoms with van der Waals surface area (Å²) in [4.78, 5) is 0. The minimum atomic E-state index is 0. The zero-order chi connectivity index (χ0) is 6.62. The Morgan fingerprint density at radius 1 is 0.923 bits per heavy atom. The molecule has 0 aliphatic carbocycles. The van der Waals surface area contributed by atoms with Gasteiger partial charge in [-0.05, 0) is 0 Å². The van der Waals surface area contributed by atoms with Crippen molar-refractivity contribution in [3.05, 3.63) is 0 Å². The molecule has 0 spiro atoms. The molecule has 0 radical (unpaired) electrons. The van der Waals surface area contributed by atoms with Crippen molar-refractivity contribution in [1.82, 2.24) is 0 Å². The van der Waals surface area contributed by atoms with E-state index in [1.165, 1.54) is 0 Å². The molecule has 0 saturated heterocycles. The maximum Gasteiger partial charge on any atom is 3.00 e. The summed E-state index contributed by atoms with van der Waals surface area (Å²) in [5.41, 5.74) is 0. The van der Waals surface area contributed by atoms with E-state index in [0.717, 1.165) is 17.6 Å². The summed E-state index contributed by atoms with van der Waals surface area (Å²) in [6.07, 6.45) is 0. The van der Waals surface area contributed by atoms with E-state index in [1.807, 2.05) is 0 Å². The van der Waals surface area contributed by atoms with E-state index in [-0.39, 0.29) is 27.2 Å². The second-order valence-corrected chi connectivity index (χ2v) is 3.01. The third-order valence-electron chi connectivity index (χ3n) is 0.966. The first-order chi connectivity index (χ1) is 3.56. The summed E-state index contributed by atoms with van der Waals surface area (Å²) in [5, 5.41) is 0. The number of halogens is 4. The van der Waals surface area contributed by atoms with Gasteiger partial charge in [0.05, 0.1) is 27.7 Å². The topological polar surface area (TPSA) is 9.23 Å². The Kier molecular flexibility index (Phi) is 52.7. The fourth-order valence-corrected chi connectivity index (χ4v) is 0.365. The number of likely N-dealkylation sites (N-methyl/N-ethyl adjacent to an activating group) is 1. The van der Waals surface area contributed by atoms with Gasteiger partial charge in [-0.2, -0.15) is 0 Å². The molecule has 7 heteroatoms. The predicted octanol–water partition coefficient (Wildman–Crippen LogP) is -12.0. The van der Waals surface area contributed by atoms with Gasteiger partial charge in [0.2, 0.25) is 0 Å². The quantitative estimate of drug-likeness (QED) is 0.252. The Balaban J connectivity index is -0.0000000245. The van der Waals surface area contributed by atoms with Crippen molar-refractivity contribution >= 4 is 8.41 Å². The van der Waals surface area contributed by atoms with Crippen molar-refractivity contribution in [2.24, 2.45) is 0 Å². The molecule has 0 rings (SSSR count). The van der Waals surface area contributed by atoms with E-state index in [2.05, 4.69) is 21.1 Å². The third kappa shape index (κ3) is 49.8. The number of ether oxygens (including phenoxy) is 1. The number of rotatable bonds is 3. The average Bonchev–Trinajstić information content (AvgIpc) is 1.59. The Bertz CT molecular complexity index is 72.1. The van der Waals surface area contributed by atoms with Gasteiger partial charge >= 0.3 is 8.41 Å². The van der Waals surface area contributed by atoms with Crippen LogP contribution < -0.4 is 18.8 Å². The minimum Gasteiger partial charge on any atom is -1.00 e. The summed E-state index contributed by atoms with van der Waals surface area (Å²) >= 11 is 0. The molecule has 0 fully saturated rings. The largest absolute Gasteiger partial charge is 3.00 e. The molecule has 0 heterocycles. The number of nitrogens with zero attached hydrogens (tertiary/aromatic N) is 1. The van der Waals surface area contributed by atoms with Crippen LogP contribution in [0.25, 0.3) is 0 Å². The molecule has 0 aliphatic heterocycles. The molecule has 0 aromatic rings. The van der Waals surface area contributed by atoms with Crippen LogP contribution in [0.2, 0.25) is 0 Å². The Morgan fingerprint density at radius 3 is 1.31 bits per heavy atom. The summed E-state index contributed by atoms with van der Waals surface area (Å²) in [5.74, 6) is 0. The SMILES string of the molecule is COCC[N+](C)(C)C.[B+3].[F-].[F-].[F-].[F-]. The van der Waals surface area contributed by atoms with Crippen molar-refractivity contribution in [3.63, 3.8) is 0 Å². The van der Waals surface area contributed by atoms with Gasteiger partial charge in [0.15, 0.2) is 0 Å². The fourth-order valence-electron chi connectivity index (χ4n) is 0.365. The van der Waals surface area contributed by atoms with E-state index >= 15 is 0 Å². The first-order valence-electron chi connectivity index (χ1n) is 2.85. The number of hydrogen-bond acceptors (Lipinski definition) is 1. The van der Waals surface area contributed by atoms with Gasteiger partial charge < -0.3 is 28.0 Å². The smallest absolute Gasteiger partial charge is 1.00 e. The van der Waals surface area contributed by atoms with E-state index in [4.69, 9.17) is 4.74 Å². The van der Waals surface area contributed by atoms with E-state index in [0.29, 0.717) is 0 Å². The third-order valence-corrected chi connectivity index (χ3v) is 0.966. The minimum absolute atomic E-state index is 0. The first-order valence-corrected chi connectivity index (χ1v) is 2.85. The van der Waals surface area contributed by atoms with Gasteiger partial charge in [-0.15, -0.1) is 0 Å². The monoisotopic (exact) mass is 205 g/mol. The van der Waals surface area contributed by atoms with Crippen LogP contribution in [-0.4, -0.2) is 54.3 Å². The number of methoxy groups -OCH3 is 1. The Labute approximate surface area is 78.9 Å². The van der Waals surface area contributed by atoms with E-state index in [1.54, 1.807) is 7.11 Å². The van der Waals surface area contributed by atoms with Crippen molar-refractivity contribution in [3.8, 4) is 0 Å². The number of hydrogen-bond donors (Lipinski definition) is 0. The summed E-state index contributed by atoms with van der Waals surface area (Å²) in [6.45, 7) is 1.93. The molecule has 0 N–H and O–H groups in total. The first kappa shape index (κ1) is 38.7. The van der Waals surface area contributed by atoms with Crippen LogP contribution in [0, 0.1) is 0 Å². The van der Waals surface area contributed by atoms with Gasteiger partial charge in [0, 0.05) is 7.11 Å². The van der Waals surface area contributed by atoms with Crippen LogP contribution in [-0.2, 0) is 4.74 Å². The molecule has 82 valence electrons. The van der Waals surface area contributed by atoms with Crippen molar-refractivity contribution < 1.29 is 28.0 Å². The maximum atomic E-state index is 4.90. The fraction of sp³-hybridized carbons (Fsp3) is 1.00. The second-order valence-electron chi connectivity index (χ2n) is 3.01. The van der Waals surface area contributed by atoms with E-state index < -0.39 is 0 Å². The van der Waals surface area contributed by atoms with Crippen molar-refractivity contribution in [2.45, 2.75) is 0 Å². The van der Waals surface area contributed by atoms with Gasteiger partial charge in [-0.25, -0.2) is 0 Å². The number of quaternary nitrogens is 1. The second kappa shape index (κ2) is 17.7. The summed E-state index contributed by atoms with van der Waals surface area (Å²) in [6, 6.07) is 0. The van der Waals surface area contributed by atoms with E-state index in [9.17, 15) is 0 Å². The molecule has 0 aromatic carbocycles. The zero-order valence-electron chi connectivity index (χ0n) is 8.36. The standard InChI is InChI=1S/C6H16NO.B.4FH/c1-7(2,3)5-6-8-4;;;;;/h5-6H2,1-4H3;;4*1H/q+1;+3;;;;/p-4. The molecule has 2 nitrogen and oxygen atoms in total.